The molecule has 0 aliphatic heterocycles. The number of rotatable bonds is 11. The molecule has 6 aromatic carbocycles. The molecule has 0 spiro atoms. The van der Waals surface area contributed by atoms with Crippen molar-refractivity contribution < 1.29 is 25.9 Å². The van der Waals surface area contributed by atoms with Gasteiger partial charge in [0.05, 0.1) is 22.7 Å². The maximum Gasteiger partial charge on any atom is 0.296 e. The van der Waals surface area contributed by atoms with Gasteiger partial charge < -0.3 is 11.5 Å². The summed E-state index contributed by atoms with van der Waals surface area (Å²) in [7, 11) is -9.35. The molecule has 0 heterocycles. The Morgan fingerprint density at radius 1 is 0.481 bits per heavy atom. The first-order valence-electron chi connectivity index (χ1n) is 17.4. The van der Waals surface area contributed by atoms with Gasteiger partial charge in [-0.25, -0.2) is 0 Å². The summed E-state index contributed by atoms with van der Waals surface area (Å²) in [4.78, 5) is -0.854. The highest BCUT2D eigenvalue weighted by molar-refractivity contribution is 7.86. The normalized spacial score (nSPS) is 12.5. The third-order valence-electron chi connectivity index (χ3n) is 9.50. The zero-order valence-corrected chi connectivity index (χ0v) is 31.8. The molecule has 0 unspecified atom stereocenters. The number of azo groups is 2. The maximum atomic E-state index is 12.4. The molecular formula is C40H40N6O6S2. The van der Waals surface area contributed by atoms with E-state index in [4.69, 9.17) is 11.5 Å². The minimum absolute atomic E-state index is 0.0890. The van der Waals surface area contributed by atoms with Crippen LogP contribution in [0.5, 0.6) is 0 Å². The molecular weight excluding hydrogens is 725 g/mol. The molecule has 6 rings (SSSR count). The molecule has 278 valence electrons. The number of hydrogen-bond acceptors (Lipinski definition) is 10. The molecule has 0 amide bonds. The quantitative estimate of drug-likeness (QED) is 0.0565. The lowest BCUT2D eigenvalue weighted by Gasteiger charge is -2.16. The first kappa shape index (κ1) is 38.2. The second kappa shape index (κ2) is 15.1. The second-order valence-corrected chi connectivity index (χ2v) is 15.5. The molecule has 6 N–H and O–H groups in total. The number of nitrogens with zero attached hydrogens (tertiary/aromatic N) is 4. The summed E-state index contributed by atoms with van der Waals surface area (Å²) < 4.78 is 69.8. The van der Waals surface area contributed by atoms with E-state index in [2.05, 4.69) is 20.5 Å². The van der Waals surface area contributed by atoms with Crippen molar-refractivity contribution in [1.82, 2.24) is 0 Å². The summed E-state index contributed by atoms with van der Waals surface area (Å²) in [5, 5.41) is 20.0. The number of benzene rings is 6. The van der Waals surface area contributed by atoms with Gasteiger partial charge in [-0.15, -0.1) is 20.5 Å². The summed E-state index contributed by atoms with van der Waals surface area (Å²) in [6, 6.07) is 24.7. The Morgan fingerprint density at radius 3 is 1.07 bits per heavy atom. The van der Waals surface area contributed by atoms with Gasteiger partial charge in [-0.1, -0.05) is 76.2 Å². The summed E-state index contributed by atoms with van der Waals surface area (Å²) >= 11 is 0. The summed E-state index contributed by atoms with van der Waals surface area (Å²) in [5.74, 6) is 0. The van der Waals surface area contributed by atoms with Crippen LogP contribution in [-0.2, 0) is 45.9 Å². The standard InChI is InChI=1S/C40H40N6O6S2/c1-5-23-17-29(18-24(6-2)37(23)43-45-39-33(53(47,48)49)21-27-13-9-11-15-31(27)35(39)41)30-19-25(7-3)38(26(8-4)20-30)44-46-40-34(54(50,51)52)22-28-14-10-12-16-32(28)36(40)42/h9-22H,5-8,41-42H2,1-4H3,(H,47,48,49)(H,50,51,52). The number of hydrogen-bond donors (Lipinski definition) is 4. The van der Waals surface area contributed by atoms with Crippen molar-refractivity contribution >= 4 is 75.9 Å². The van der Waals surface area contributed by atoms with Gasteiger partial charge in [0.25, 0.3) is 20.2 Å². The van der Waals surface area contributed by atoms with Crippen LogP contribution in [-0.4, -0.2) is 25.9 Å². The highest BCUT2D eigenvalue weighted by atomic mass is 32.2. The Kier molecular flexibility index (Phi) is 10.7. The van der Waals surface area contributed by atoms with E-state index in [9.17, 15) is 25.9 Å². The van der Waals surface area contributed by atoms with Gasteiger partial charge in [-0.2, -0.15) is 16.8 Å². The third kappa shape index (κ3) is 7.33. The van der Waals surface area contributed by atoms with Crippen molar-refractivity contribution in [1.29, 1.82) is 0 Å². The fourth-order valence-corrected chi connectivity index (χ4v) is 8.01. The highest BCUT2D eigenvalue weighted by Gasteiger charge is 2.23. The first-order valence-corrected chi connectivity index (χ1v) is 20.3. The van der Waals surface area contributed by atoms with E-state index in [0.29, 0.717) is 58.6 Å². The molecule has 0 fully saturated rings. The van der Waals surface area contributed by atoms with Crippen LogP contribution in [0.3, 0.4) is 0 Å². The van der Waals surface area contributed by atoms with Crippen LogP contribution in [0.15, 0.2) is 115 Å². The highest BCUT2D eigenvalue weighted by Crippen LogP contribution is 2.42. The van der Waals surface area contributed by atoms with Crippen molar-refractivity contribution in [2.75, 3.05) is 11.5 Å². The summed E-state index contributed by atoms with van der Waals surface area (Å²) in [5.41, 5.74) is 19.2. The Morgan fingerprint density at radius 2 is 0.778 bits per heavy atom. The van der Waals surface area contributed by atoms with Crippen molar-refractivity contribution in [2.24, 2.45) is 20.5 Å². The lowest BCUT2D eigenvalue weighted by atomic mass is 9.92. The van der Waals surface area contributed by atoms with E-state index in [1.807, 2.05) is 52.0 Å². The van der Waals surface area contributed by atoms with E-state index in [1.54, 1.807) is 48.5 Å². The molecule has 0 aliphatic carbocycles. The van der Waals surface area contributed by atoms with E-state index in [0.717, 1.165) is 33.4 Å². The molecule has 14 heteroatoms. The fraction of sp³-hybridized carbons (Fsp3) is 0.200. The van der Waals surface area contributed by atoms with Crippen LogP contribution in [0, 0.1) is 0 Å². The van der Waals surface area contributed by atoms with Gasteiger partial charge >= 0.3 is 0 Å². The average molecular weight is 765 g/mol. The van der Waals surface area contributed by atoms with Gasteiger partial charge in [-0.05, 0) is 106 Å². The number of nitrogen functional groups attached to an aromatic ring is 2. The largest absolute Gasteiger partial charge is 0.396 e. The van der Waals surface area contributed by atoms with Crippen molar-refractivity contribution in [3.63, 3.8) is 0 Å². The summed E-state index contributed by atoms with van der Waals surface area (Å²) in [6.45, 7) is 7.96. The topological polar surface area (TPSA) is 210 Å². The first-order chi connectivity index (χ1) is 25.7. The maximum absolute atomic E-state index is 12.4. The monoisotopic (exact) mass is 764 g/mol. The number of fused-ring (bicyclic) bond motifs is 2. The van der Waals surface area contributed by atoms with Gasteiger partial charge in [-0.3, -0.25) is 9.11 Å². The van der Waals surface area contributed by atoms with Gasteiger partial charge in [0.1, 0.15) is 21.2 Å². The fourth-order valence-electron chi connectivity index (χ4n) is 6.66. The van der Waals surface area contributed by atoms with Crippen LogP contribution in [0.25, 0.3) is 32.7 Å². The molecule has 0 aromatic heterocycles. The van der Waals surface area contributed by atoms with E-state index >= 15 is 0 Å². The Hall–Kier alpha value is -5.54. The van der Waals surface area contributed by atoms with E-state index in [1.165, 1.54) is 12.1 Å². The molecule has 0 atom stereocenters. The average Bonchev–Trinajstić information content (AvgIpc) is 3.15. The molecule has 0 saturated carbocycles. The van der Waals surface area contributed by atoms with Crippen LogP contribution in [0.1, 0.15) is 49.9 Å². The van der Waals surface area contributed by atoms with Gasteiger partial charge in [0.15, 0.2) is 0 Å². The van der Waals surface area contributed by atoms with Crippen molar-refractivity contribution in [3.05, 3.63) is 107 Å². The summed E-state index contributed by atoms with van der Waals surface area (Å²) in [6.07, 6.45) is 2.35. The predicted molar refractivity (Wildman–Crippen MR) is 214 cm³/mol. The Balaban J connectivity index is 1.45. The third-order valence-corrected chi connectivity index (χ3v) is 11.2. The minimum atomic E-state index is -4.67. The molecule has 0 saturated heterocycles. The number of nitrogens with two attached hydrogens (primary N) is 2. The van der Waals surface area contributed by atoms with Crippen molar-refractivity contribution in [2.45, 2.75) is 63.2 Å². The lowest BCUT2D eigenvalue weighted by Crippen LogP contribution is -2.01. The van der Waals surface area contributed by atoms with Crippen LogP contribution in [0.2, 0.25) is 0 Å². The second-order valence-electron chi connectivity index (χ2n) is 12.8. The van der Waals surface area contributed by atoms with Crippen LogP contribution >= 0.6 is 0 Å². The number of anilines is 2. The van der Waals surface area contributed by atoms with E-state index in [-0.39, 0.29) is 22.7 Å². The zero-order valence-electron chi connectivity index (χ0n) is 30.2. The molecule has 0 aliphatic rings. The van der Waals surface area contributed by atoms with Crippen LogP contribution in [0.4, 0.5) is 34.1 Å². The van der Waals surface area contributed by atoms with E-state index < -0.39 is 30.0 Å². The van der Waals surface area contributed by atoms with Gasteiger partial charge in [0, 0.05) is 10.8 Å². The minimum Gasteiger partial charge on any atom is -0.396 e. The van der Waals surface area contributed by atoms with Crippen molar-refractivity contribution in [3.8, 4) is 11.1 Å². The molecule has 12 nitrogen and oxygen atoms in total. The Bertz CT molecular complexity index is 2510. The van der Waals surface area contributed by atoms with Gasteiger partial charge in [0.2, 0.25) is 0 Å². The smallest absolute Gasteiger partial charge is 0.296 e. The lowest BCUT2D eigenvalue weighted by molar-refractivity contribution is 0.481. The Labute approximate surface area is 314 Å². The SMILES string of the molecule is CCc1cc(-c2cc(CC)c(N=Nc3c(S(=O)(=O)O)cc4ccccc4c3N)c(CC)c2)cc(CC)c1N=Nc1c(S(=O)(=O)O)cc2ccccc2c1N. The molecule has 54 heavy (non-hydrogen) atoms. The molecule has 0 bridgehead atoms. The zero-order chi connectivity index (χ0) is 38.9. The predicted octanol–water partition coefficient (Wildman–Crippen LogP) is 10.4. The molecule has 0 radical (unpaired) electrons. The number of aryl methyl sites for hydroxylation is 4. The van der Waals surface area contributed by atoms with Crippen LogP contribution < -0.4 is 11.5 Å². The molecule has 6 aromatic rings.